The molecule has 1 unspecified atom stereocenters. The molecule has 20 heavy (non-hydrogen) atoms. The van der Waals surface area contributed by atoms with Gasteiger partial charge in [0.1, 0.15) is 0 Å². The summed E-state index contributed by atoms with van der Waals surface area (Å²) in [5, 5.41) is 0. The molecular formula is C15H25N5. The standard InChI is InChI=1S/C15H25N5/c1-3-13(2)19-9-11-20(12-10-19)15(18-16)17-14-7-5-4-6-8-14/h4-8,13H,3,9-12,16H2,1-2H3,(H,17,18). The zero-order chi connectivity index (χ0) is 14.4. The van der Waals surface area contributed by atoms with E-state index in [1.165, 1.54) is 6.42 Å². The number of nitrogens with one attached hydrogen (secondary N) is 1. The van der Waals surface area contributed by atoms with Gasteiger partial charge in [-0.2, -0.15) is 0 Å². The summed E-state index contributed by atoms with van der Waals surface area (Å²) in [5.41, 5.74) is 3.66. The van der Waals surface area contributed by atoms with E-state index in [-0.39, 0.29) is 0 Å². The molecule has 3 N–H and O–H groups in total. The lowest BCUT2D eigenvalue weighted by atomic mass is 10.2. The third-order valence-electron chi connectivity index (χ3n) is 3.95. The number of guanidine groups is 1. The van der Waals surface area contributed by atoms with Gasteiger partial charge < -0.3 is 4.90 Å². The van der Waals surface area contributed by atoms with Crippen LogP contribution in [0.4, 0.5) is 5.69 Å². The maximum absolute atomic E-state index is 5.64. The van der Waals surface area contributed by atoms with Crippen molar-refractivity contribution in [3.05, 3.63) is 30.3 Å². The first-order valence-corrected chi connectivity index (χ1v) is 7.34. The van der Waals surface area contributed by atoms with E-state index in [1.807, 2.05) is 30.3 Å². The van der Waals surface area contributed by atoms with E-state index < -0.39 is 0 Å². The molecule has 0 radical (unpaired) electrons. The highest BCUT2D eigenvalue weighted by molar-refractivity contribution is 5.82. The number of nitrogens with two attached hydrogens (primary N) is 1. The minimum absolute atomic E-state index is 0.650. The van der Waals surface area contributed by atoms with Crippen LogP contribution in [0.1, 0.15) is 20.3 Å². The summed E-state index contributed by atoms with van der Waals surface area (Å²) in [5.74, 6) is 6.39. The summed E-state index contributed by atoms with van der Waals surface area (Å²) in [4.78, 5) is 9.31. The number of hydrazine groups is 1. The summed E-state index contributed by atoms with van der Waals surface area (Å²) >= 11 is 0. The van der Waals surface area contributed by atoms with Crippen LogP contribution in [-0.2, 0) is 0 Å². The number of hydrogen-bond acceptors (Lipinski definition) is 3. The van der Waals surface area contributed by atoms with Crippen molar-refractivity contribution in [3.8, 4) is 0 Å². The third kappa shape index (κ3) is 3.71. The molecular weight excluding hydrogens is 250 g/mol. The second-order valence-corrected chi connectivity index (χ2v) is 5.20. The zero-order valence-corrected chi connectivity index (χ0v) is 12.4. The van der Waals surface area contributed by atoms with Gasteiger partial charge in [-0.15, -0.1) is 0 Å². The van der Waals surface area contributed by atoms with Gasteiger partial charge in [-0.1, -0.05) is 25.1 Å². The molecule has 1 aromatic rings. The van der Waals surface area contributed by atoms with Crippen LogP contribution in [0, 0.1) is 0 Å². The minimum atomic E-state index is 0.650. The van der Waals surface area contributed by atoms with Crippen LogP contribution in [0.15, 0.2) is 35.3 Å². The molecule has 5 heteroatoms. The Bertz CT molecular complexity index is 423. The van der Waals surface area contributed by atoms with E-state index in [9.17, 15) is 0 Å². The maximum Gasteiger partial charge on any atom is 0.213 e. The zero-order valence-electron chi connectivity index (χ0n) is 12.4. The summed E-state index contributed by atoms with van der Waals surface area (Å²) in [7, 11) is 0. The van der Waals surface area contributed by atoms with Crippen LogP contribution in [0.2, 0.25) is 0 Å². The van der Waals surface area contributed by atoms with Crippen LogP contribution in [-0.4, -0.2) is 48.0 Å². The quantitative estimate of drug-likeness (QED) is 0.380. The Hall–Kier alpha value is -1.59. The fourth-order valence-corrected chi connectivity index (χ4v) is 2.45. The van der Waals surface area contributed by atoms with E-state index in [2.05, 4.69) is 34.1 Å². The first-order valence-electron chi connectivity index (χ1n) is 7.34. The van der Waals surface area contributed by atoms with Crippen LogP contribution >= 0.6 is 0 Å². The van der Waals surface area contributed by atoms with Crippen molar-refractivity contribution in [3.63, 3.8) is 0 Å². The van der Waals surface area contributed by atoms with Gasteiger partial charge in [-0.25, -0.2) is 10.8 Å². The van der Waals surface area contributed by atoms with Crippen molar-refractivity contribution in [1.82, 2.24) is 15.2 Å². The molecule has 1 atom stereocenters. The molecule has 1 aliphatic heterocycles. The first kappa shape index (κ1) is 14.8. The van der Waals surface area contributed by atoms with Gasteiger partial charge in [0.2, 0.25) is 5.96 Å². The second-order valence-electron chi connectivity index (χ2n) is 5.20. The van der Waals surface area contributed by atoms with Gasteiger partial charge >= 0.3 is 0 Å². The molecule has 1 fully saturated rings. The highest BCUT2D eigenvalue weighted by Crippen LogP contribution is 2.13. The lowest BCUT2D eigenvalue weighted by Gasteiger charge is -2.38. The molecule has 0 amide bonds. The Labute approximate surface area is 121 Å². The number of aliphatic imine (C=N–C) groups is 1. The molecule has 0 aliphatic carbocycles. The lowest BCUT2D eigenvalue weighted by Crippen LogP contribution is -2.55. The maximum atomic E-state index is 5.64. The highest BCUT2D eigenvalue weighted by atomic mass is 15.4. The normalized spacial score (nSPS) is 18.9. The minimum Gasteiger partial charge on any atom is -0.339 e. The number of rotatable bonds is 3. The molecule has 5 nitrogen and oxygen atoms in total. The Morgan fingerprint density at radius 1 is 1.25 bits per heavy atom. The van der Waals surface area contributed by atoms with Crippen molar-refractivity contribution >= 4 is 11.6 Å². The predicted octanol–water partition coefficient (Wildman–Crippen LogP) is 1.55. The third-order valence-corrected chi connectivity index (χ3v) is 3.95. The Morgan fingerprint density at radius 2 is 1.90 bits per heavy atom. The summed E-state index contributed by atoms with van der Waals surface area (Å²) in [6, 6.07) is 10.6. The van der Waals surface area contributed by atoms with Crippen LogP contribution in [0.25, 0.3) is 0 Å². The first-order chi connectivity index (χ1) is 9.74. The lowest BCUT2D eigenvalue weighted by molar-refractivity contribution is 0.136. The Morgan fingerprint density at radius 3 is 2.45 bits per heavy atom. The molecule has 110 valence electrons. The monoisotopic (exact) mass is 275 g/mol. The Balaban J connectivity index is 1.99. The van der Waals surface area contributed by atoms with Crippen molar-refractivity contribution in [1.29, 1.82) is 0 Å². The molecule has 0 bridgehead atoms. The van der Waals surface area contributed by atoms with Crippen LogP contribution < -0.4 is 11.3 Å². The molecule has 2 rings (SSSR count). The number of nitrogens with zero attached hydrogens (tertiary/aromatic N) is 3. The van der Waals surface area contributed by atoms with Gasteiger partial charge in [0.25, 0.3) is 0 Å². The highest BCUT2D eigenvalue weighted by Gasteiger charge is 2.21. The topological polar surface area (TPSA) is 56.9 Å². The largest absolute Gasteiger partial charge is 0.339 e. The van der Waals surface area contributed by atoms with E-state index in [1.54, 1.807) is 0 Å². The molecule has 0 aromatic heterocycles. The van der Waals surface area contributed by atoms with Crippen LogP contribution in [0.5, 0.6) is 0 Å². The number of piperazine rings is 1. The summed E-state index contributed by atoms with van der Waals surface area (Å²) in [6.45, 7) is 8.56. The van der Waals surface area contributed by atoms with E-state index >= 15 is 0 Å². The van der Waals surface area contributed by atoms with Gasteiger partial charge in [-0.05, 0) is 25.5 Å². The van der Waals surface area contributed by atoms with Crippen molar-refractivity contribution in [2.75, 3.05) is 26.2 Å². The van der Waals surface area contributed by atoms with E-state index in [0.717, 1.165) is 37.8 Å². The molecule has 1 aromatic carbocycles. The van der Waals surface area contributed by atoms with Crippen molar-refractivity contribution in [2.24, 2.45) is 10.8 Å². The molecule has 0 spiro atoms. The number of hydrogen-bond donors (Lipinski definition) is 2. The van der Waals surface area contributed by atoms with Gasteiger partial charge in [0.05, 0.1) is 5.69 Å². The average molecular weight is 275 g/mol. The van der Waals surface area contributed by atoms with E-state index in [0.29, 0.717) is 6.04 Å². The fraction of sp³-hybridized carbons (Fsp3) is 0.533. The van der Waals surface area contributed by atoms with Gasteiger partial charge in [-0.3, -0.25) is 10.3 Å². The Kier molecular flexibility index (Phi) is 5.38. The smallest absolute Gasteiger partial charge is 0.213 e. The number of para-hydroxylation sites is 1. The number of benzene rings is 1. The van der Waals surface area contributed by atoms with E-state index in [4.69, 9.17) is 5.84 Å². The second kappa shape index (κ2) is 7.26. The summed E-state index contributed by atoms with van der Waals surface area (Å²) in [6.07, 6.45) is 1.19. The van der Waals surface area contributed by atoms with Crippen LogP contribution in [0.3, 0.4) is 0 Å². The SMILES string of the molecule is CCC(C)N1CCN(C(=Nc2ccccc2)NN)CC1. The fourth-order valence-electron chi connectivity index (χ4n) is 2.45. The predicted molar refractivity (Wildman–Crippen MR) is 83.8 cm³/mol. The van der Waals surface area contributed by atoms with Gasteiger partial charge in [0, 0.05) is 32.2 Å². The summed E-state index contributed by atoms with van der Waals surface area (Å²) < 4.78 is 0. The molecule has 1 saturated heterocycles. The molecule has 1 aliphatic rings. The van der Waals surface area contributed by atoms with Gasteiger partial charge in [0.15, 0.2) is 0 Å². The average Bonchev–Trinajstić information content (AvgIpc) is 2.53. The molecule has 1 heterocycles. The molecule has 0 saturated carbocycles. The van der Waals surface area contributed by atoms with Crippen molar-refractivity contribution < 1.29 is 0 Å². The van der Waals surface area contributed by atoms with Crippen molar-refractivity contribution in [2.45, 2.75) is 26.3 Å².